The first kappa shape index (κ1) is 28.8. The molecule has 0 saturated carbocycles. The Hall–Kier alpha value is -3.23. The first-order valence-corrected chi connectivity index (χ1v) is 14.4. The van der Waals surface area contributed by atoms with E-state index in [1.165, 1.54) is 42.5 Å². The van der Waals surface area contributed by atoms with E-state index >= 15 is 0 Å². The lowest BCUT2D eigenvalue weighted by atomic mass is 10.0. The summed E-state index contributed by atoms with van der Waals surface area (Å²) in [6.07, 6.45) is -2.23. The maximum Gasteiger partial charge on any atom is 0.323 e. The quantitative estimate of drug-likeness (QED) is 0.344. The molecule has 2 heterocycles. The molecule has 3 N–H and O–H groups in total. The van der Waals surface area contributed by atoms with Gasteiger partial charge in [0.2, 0.25) is 0 Å². The summed E-state index contributed by atoms with van der Waals surface area (Å²) in [5, 5.41) is 16.5. The van der Waals surface area contributed by atoms with Crippen molar-refractivity contribution in [1.82, 2.24) is 14.5 Å². The maximum atomic E-state index is 13.6. The normalized spacial score (nSPS) is 16.6. The van der Waals surface area contributed by atoms with E-state index in [0.717, 1.165) is 32.7 Å². The number of carboxylic acid groups (broad SMARTS) is 1. The highest BCUT2D eigenvalue weighted by atomic mass is 35.5. The second-order valence-electron chi connectivity index (χ2n) is 8.38. The summed E-state index contributed by atoms with van der Waals surface area (Å²) in [7, 11) is -4.21. The highest BCUT2D eigenvalue weighted by molar-refractivity contribution is 7.91. The zero-order chi connectivity index (χ0) is 28.3. The van der Waals surface area contributed by atoms with E-state index in [4.69, 9.17) is 23.2 Å². The van der Waals surface area contributed by atoms with Crippen molar-refractivity contribution in [3.05, 3.63) is 81.4 Å². The minimum Gasteiger partial charge on any atom is -0.481 e. The molecule has 4 rings (SSSR count). The van der Waals surface area contributed by atoms with Crippen LogP contribution in [-0.4, -0.2) is 59.9 Å². The number of rotatable bonds is 8. The molecule has 1 saturated heterocycles. The largest absolute Gasteiger partial charge is 0.481 e. The van der Waals surface area contributed by atoms with Crippen LogP contribution in [0.15, 0.2) is 64.2 Å². The third kappa shape index (κ3) is 6.50. The van der Waals surface area contributed by atoms with Crippen LogP contribution in [0.2, 0.25) is 10.0 Å². The van der Waals surface area contributed by atoms with E-state index in [9.17, 15) is 32.3 Å². The van der Waals surface area contributed by atoms with Gasteiger partial charge in [-0.25, -0.2) is 17.6 Å². The van der Waals surface area contributed by atoms with E-state index in [1.54, 1.807) is 5.38 Å². The van der Waals surface area contributed by atoms with E-state index in [2.05, 4.69) is 10.6 Å². The molecule has 1 aliphatic rings. The molecular formula is C24H21Cl2FN4O6S2. The Bertz CT molecular complexity index is 1490. The van der Waals surface area contributed by atoms with Crippen molar-refractivity contribution < 1.29 is 32.3 Å². The second kappa shape index (κ2) is 11.9. The number of carbonyl (C=O) groups is 3. The molecule has 3 aromatic rings. The maximum absolute atomic E-state index is 13.6. The van der Waals surface area contributed by atoms with Crippen molar-refractivity contribution in [2.24, 2.45) is 0 Å². The second-order valence-corrected chi connectivity index (χ2v) is 12.3. The number of nitrogens with one attached hydrogen (secondary N) is 2. The molecular weight excluding hydrogens is 594 g/mol. The van der Waals surface area contributed by atoms with Crippen molar-refractivity contribution in [2.45, 2.75) is 22.8 Å². The molecule has 0 radical (unpaired) electrons. The molecule has 0 spiro atoms. The predicted molar refractivity (Wildman–Crippen MR) is 144 cm³/mol. The number of amides is 3. The average Bonchev–Trinajstić information content (AvgIpc) is 3.57. The van der Waals surface area contributed by atoms with Crippen LogP contribution in [0, 0.1) is 5.82 Å². The highest BCUT2D eigenvalue weighted by Crippen LogP contribution is 2.30. The summed E-state index contributed by atoms with van der Waals surface area (Å²) in [5.41, 5.74) is 0.535. The van der Waals surface area contributed by atoms with Gasteiger partial charge < -0.3 is 15.7 Å². The van der Waals surface area contributed by atoms with Gasteiger partial charge in [-0.05, 0) is 47.3 Å². The van der Waals surface area contributed by atoms with Crippen molar-refractivity contribution in [1.29, 1.82) is 0 Å². The van der Waals surface area contributed by atoms with Gasteiger partial charge in [0.15, 0.2) is 6.17 Å². The Morgan fingerprint density at radius 1 is 1.08 bits per heavy atom. The summed E-state index contributed by atoms with van der Waals surface area (Å²) >= 11 is 12.9. The number of benzene rings is 2. The third-order valence-electron chi connectivity index (χ3n) is 5.82. The Morgan fingerprint density at radius 2 is 1.79 bits per heavy atom. The fraction of sp³-hybridized carbons (Fsp3) is 0.208. The minimum atomic E-state index is -4.21. The molecule has 2 unspecified atom stereocenters. The van der Waals surface area contributed by atoms with Gasteiger partial charge in [0.05, 0.1) is 22.5 Å². The third-order valence-corrected chi connectivity index (χ3v) is 9.79. The number of sulfonamides is 1. The molecule has 1 fully saturated rings. The molecule has 1 aliphatic heterocycles. The van der Waals surface area contributed by atoms with Gasteiger partial charge in [-0.3, -0.25) is 14.5 Å². The number of hydrogen-bond acceptors (Lipinski definition) is 6. The molecule has 2 aromatic carbocycles. The number of anilines is 1. The van der Waals surface area contributed by atoms with Gasteiger partial charge in [-0.15, -0.1) is 11.3 Å². The first-order chi connectivity index (χ1) is 18.5. The number of carbonyl (C=O) groups excluding carboxylic acids is 2. The van der Waals surface area contributed by atoms with Crippen LogP contribution in [0.3, 0.4) is 0 Å². The van der Waals surface area contributed by atoms with Crippen LogP contribution < -0.4 is 10.6 Å². The van der Waals surface area contributed by atoms with Crippen LogP contribution in [-0.2, 0) is 19.6 Å². The van der Waals surface area contributed by atoms with E-state index in [0.29, 0.717) is 0 Å². The molecule has 2 atom stereocenters. The Balaban J connectivity index is 1.67. The van der Waals surface area contributed by atoms with E-state index < -0.39 is 52.4 Å². The summed E-state index contributed by atoms with van der Waals surface area (Å²) in [4.78, 5) is 39.4. The van der Waals surface area contributed by atoms with Crippen LogP contribution in [0.4, 0.5) is 14.9 Å². The number of thiophene rings is 1. The number of nitrogens with zero attached hydrogens (tertiary/aromatic N) is 2. The summed E-state index contributed by atoms with van der Waals surface area (Å²) in [6.45, 7) is -0.344. The topological polar surface area (TPSA) is 136 Å². The molecule has 1 aromatic heterocycles. The van der Waals surface area contributed by atoms with E-state index in [1.807, 2.05) is 0 Å². The van der Waals surface area contributed by atoms with Gasteiger partial charge in [0, 0.05) is 18.8 Å². The fourth-order valence-corrected chi connectivity index (χ4v) is 6.97. The van der Waals surface area contributed by atoms with Gasteiger partial charge in [0.25, 0.3) is 15.9 Å². The number of urea groups is 1. The Morgan fingerprint density at radius 3 is 2.41 bits per heavy atom. The molecule has 10 nitrogen and oxygen atoms in total. The number of aliphatic carboxylic acids is 1. The number of hydrogen-bond donors (Lipinski definition) is 3. The number of halogens is 3. The molecule has 39 heavy (non-hydrogen) atoms. The number of carboxylic acids is 1. The lowest BCUT2D eigenvalue weighted by molar-refractivity contribution is -0.138. The van der Waals surface area contributed by atoms with Crippen LogP contribution in [0.1, 0.15) is 18.0 Å². The van der Waals surface area contributed by atoms with Gasteiger partial charge in [-0.2, -0.15) is 4.31 Å². The smallest absolute Gasteiger partial charge is 0.323 e. The average molecular weight is 615 g/mol. The van der Waals surface area contributed by atoms with Crippen molar-refractivity contribution in [2.75, 3.05) is 18.4 Å². The lowest BCUT2D eigenvalue weighted by Gasteiger charge is -2.30. The highest BCUT2D eigenvalue weighted by Gasteiger charge is 2.47. The standard InChI is InChI=1S/C24H21Cl2FN4O6S2/c25-17-8-7-16(12-18(17)26)28-24(35)30-9-10-31(39(36,37)21-2-1-11-38-21)23(30)22(34)29-19(13-20(32)33)14-3-5-15(27)6-4-14/h1-8,11-12,19,23H,9-10,13H2,(H,28,35)(H,29,34)(H,32,33). The molecule has 0 aliphatic carbocycles. The Labute approximate surface area is 237 Å². The fourth-order valence-electron chi connectivity index (χ4n) is 4.01. The zero-order valence-corrected chi connectivity index (χ0v) is 23.0. The zero-order valence-electron chi connectivity index (χ0n) is 19.9. The van der Waals surface area contributed by atoms with E-state index in [-0.39, 0.29) is 38.6 Å². The van der Waals surface area contributed by atoms with Crippen molar-refractivity contribution in [3.63, 3.8) is 0 Å². The summed E-state index contributed by atoms with van der Waals surface area (Å²) in [5.74, 6) is -2.76. The predicted octanol–water partition coefficient (Wildman–Crippen LogP) is 4.39. The first-order valence-electron chi connectivity index (χ1n) is 11.3. The van der Waals surface area contributed by atoms with Gasteiger partial charge in [-0.1, -0.05) is 41.4 Å². The minimum absolute atomic E-state index is 0.0346. The van der Waals surface area contributed by atoms with Crippen LogP contribution in [0.25, 0.3) is 0 Å². The molecule has 3 amide bonds. The van der Waals surface area contributed by atoms with Crippen molar-refractivity contribution >= 4 is 68.2 Å². The van der Waals surface area contributed by atoms with Crippen molar-refractivity contribution in [3.8, 4) is 0 Å². The summed E-state index contributed by atoms with van der Waals surface area (Å²) in [6, 6.07) is 10.1. The van der Waals surface area contributed by atoms with Crippen LogP contribution >= 0.6 is 34.5 Å². The Kier molecular flexibility index (Phi) is 8.76. The SMILES string of the molecule is O=C(O)CC(NC(=O)C1N(C(=O)Nc2ccc(Cl)c(Cl)c2)CCN1S(=O)(=O)c1cccs1)c1ccc(F)cc1. The molecule has 15 heteroatoms. The molecule has 206 valence electrons. The van der Waals surface area contributed by atoms with Gasteiger partial charge >= 0.3 is 12.0 Å². The summed E-state index contributed by atoms with van der Waals surface area (Å²) < 4.78 is 41.1. The molecule has 0 bridgehead atoms. The lowest BCUT2D eigenvalue weighted by Crippen LogP contribution is -2.55. The van der Waals surface area contributed by atoms with Crippen LogP contribution in [0.5, 0.6) is 0 Å². The monoisotopic (exact) mass is 614 g/mol. The van der Waals surface area contributed by atoms with Gasteiger partial charge in [0.1, 0.15) is 10.0 Å².